The van der Waals surface area contributed by atoms with Crippen LogP contribution < -0.4 is 4.90 Å². The number of hydrogen-bond acceptors (Lipinski definition) is 3. The summed E-state index contributed by atoms with van der Waals surface area (Å²) in [7, 11) is 0. The number of aliphatic hydroxyl groups excluding tert-OH is 1. The first kappa shape index (κ1) is 20.8. The number of phenolic OH excluding ortho intramolecular Hbond substituents is 1. The second kappa shape index (κ2) is 8.73. The van der Waals surface area contributed by atoms with Crippen LogP contribution in [0.1, 0.15) is 36.1 Å². The molecule has 4 nitrogen and oxygen atoms in total. The summed E-state index contributed by atoms with van der Waals surface area (Å²) >= 11 is 2.25. The van der Waals surface area contributed by atoms with Gasteiger partial charge in [-0.1, -0.05) is 24.3 Å². The van der Waals surface area contributed by atoms with Gasteiger partial charge in [0.2, 0.25) is 5.91 Å². The largest absolute Gasteiger partial charge is 0.508 e. The van der Waals surface area contributed by atoms with Crippen LogP contribution in [-0.2, 0) is 4.79 Å². The number of halogens is 2. The summed E-state index contributed by atoms with van der Waals surface area (Å²) in [5.74, 6) is -0.454. The molecule has 2 N–H and O–H groups in total. The molecule has 0 spiro atoms. The minimum atomic E-state index is -0.751. The summed E-state index contributed by atoms with van der Waals surface area (Å²) in [6, 6.07) is 20.3. The van der Waals surface area contributed by atoms with Crippen LogP contribution in [0.25, 0.3) is 0 Å². The smallest absolute Gasteiger partial charge is 0.233 e. The predicted molar refractivity (Wildman–Crippen MR) is 122 cm³/mol. The molecular formula is C24H21FINO3. The van der Waals surface area contributed by atoms with Crippen LogP contribution in [0.2, 0.25) is 0 Å². The molecule has 0 aromatic heterocycles. The molecular weight excluding hydrogens is 496 g/mol. The van der Waals surface area contributed by atoms with Crippen molar-refractivity contribution in [3.63, 3.8) is 0 Å². The first-order valence-corrected chi connectivity index (χ1v) is 10.8. The van der Waals surface area contributed by atoms with Crippen molar-refractivity contribution in [1.29, 1.82) is 0 Å². The number of rotatable bonds is 6. The summed E-state index contributed by atoms with van der Waals surface area (Å²) in [6.07, 6.45) is 0.174. The quantitative estimate of drug-likeness (QED) is 0.342. The number of nitrogens with zero attached hydrogens (tertiary/aromatic N) is 1. The number of aliphatic hydroxyl groups is 1. The number of anilines is 1. The van der Waals surface area contributed by atoms with Gasteiger partial charge >= 0.3 is 0 Å². The Morgan fingerprint density at radius 3 is 2.23 bits per heavy atom. The van der Waals surface area contributed by atoms with Gasteiger partial charge in [-0.15, -0.1) is 0 Å². The lowest BCUT2D eigenvalue weighted by molar-refractivity contribution is -0.131. The lowest BCUT2D eigenvalue weighted by atomic mass is 9.78. The molecule has 1 unspecified atom stereocenters. The summed E-state index contributed by atoms with van der Waals surface area (Å²) in [6.45, 7) is 0. The van der Waals surface area contributed by atoms with E-state index in [1.165, 1.54) is 12.1 Å². The van der Waals surface area contributed by atoms with E-state index < -0.39 is 6.10 Å². The Morgan fingerprint density at radius 1 is 0.967 bits per heavy atom. The van der Waals surface area contributed by atoms with Crippen LogP contribution >= 0.6 is 22.6 Å². The van der Waals surface area contributed by atoms with Crippen molar-refractivity contribution < 1.29 is 19.4 Å². The van der Waals surface area contributed by atoms with Gasteiger partial charge in [0, 0.05) is 9.26 Å². The topological polar surface area (TPSA) is 60.8 Å². The number of benzene rings is 3. The molecule has 154 valence electrons. The second-order valence-corrected chi connectivity index (χ2v) is 8.72. The number of phenols is 1. The fourth-order valence-electron chi connectivity index (χ4n) is 3.96. The van der Waals surface area contributed by atoms with Crippen molar-refractivity contribution >= 4 is 34.2 Å². The highest BCUT2D eigenvalue weighted by Gasteiger charge is 2.48. The van der Waals surface area contributed by atoms with Crippen molar-refractivity contribution in [2.45, 2.75) is 25.0 Å². The fraction of sp³-hybridized carbons (Fsp3) is 0.208. The van der Waals surface area contributed by atoms with Crippen molar-refractivity contribution in [1.82, 2.24) is 0 Å². The van der Waals surface area contributed by atoms with Gasteiger partial charge in [-0.2, -0.15) is 0 Å². The Labute approximate surface area is 188 Å². The third-order valence-corrected chi connectivity index (χ3v) is 6.28. The molecule has 3 aromatic carbocycles. The number of hydrogen-bond donors (Lipinski definition) is 2. The van der Waals surface area contributed by atoms with Gasteiger partial charge in [-0.3, -0.25) is 4.79 Å². The van der Waals surface area contributed by atoms with Gasteiger partial charge in [-0.25, -0.2) is 4.39 Å². The van der Waals surface area contributed by atoms with Crippen molar-refractivity contribution in [3.8, 4) is 5.75 Å². The molecule has 1 aliphatic rings. The highest BCUT2D eigenvalue weighted by Crippen LogP contribution is 2.46. The van der Waals surface area contributed by atoms with E-state index in [-0.39, 0.29) is 29.4 Å². The normalized spacial score (nSPS) is 19.4. The van der Waals surface area contributed by atoms with E-state index in [0.29, 0.717) is 18.4 Å². The molecule has 1 saturated heterocycles. The molecule has 30 heavy (non-hydrogen) atoms. The Hall–Kier alpha value is -2.45. The van der Waals surface area contributed by atoms with Gasteiger partial charge in [0.25, 0.3) is 0 Å². The molecule has 1 heterocycles. The van der Waals surface area contributed by atoms with Gasteiger partial charge in [0.05, 0.1) is 18.1 Å². The zero-order chi connectivity index (χ0) is 21.3. The zero-order valence-electron chi connectivity index (χ0n) is 16.1. The van der Waals surface area contributed by atoms with Gasteiger partial charge in [0.15, 0.2) is 0 Å². The van der Waals surface area contributed by atoms with E-state index in [1.54, 1.807) is 41.3 Å². The minimum Gasteiger partial charge on any atom is -0.508 e. The summed E-state index contributed by atoms with van der Waals surface area (Å²) in [5, 5.41) is 20.1. The van der Waals surface area contributed by atoms with Crippen LogP contribution in [0.3, 0.4) is 0 Å². The van der Waals surface area contributed by atoms with E-state index in [0.717, 1.165) is 14.8 Å². The van der Waals surface area contributed by atoms with Gasteiger partial charge in [-0.05, 0) is 95.1 Å². The molecule has 0 bridgehead atoms. The molecule has 4 rings (SSSR count). The first-order valence-electron chi connectivity index (χ1n) is 9.75. The lowest BCUT2D eigenvalue weighted by Crippen LogP contribution is -2.55. The molecule has 1 aliphatic heterocycles. The number of amides is 1. The zero-order valence-corrected chi connectivity index (χ0v) is 18.2. The van der Waals surface area contributed by atoms with E-state index in [4.69, 9.17) is 0 Å². The third kappa shape index (κ3) is 4.20. The minimum absolute atomic E-state index is 0.00412. The Balaban J connectivity index is 1.55. The van der Waals surface area contributed by atoms with Crippen LogP contribution in [0.5, 0.6) is 5.75 Å². The van der Waals surface area contributed by atoms with Gasteiger partial charge in [0.1, 0.15) is 11.6 Å². The fourth-order valence-corrected chi connectivity index (χ4v) is 4.32. The summed E-state index contributed by atoms with van der Waals surface area (Å²) in [5.41, 5.74) is 2.41. The molecule has 1 fully saturated rings. The van der Waals surface area contributed by atoms with Crippen LogP contribution in [0, 0.1) is 15.3 Å². The average molecular weight is 517 g/mol. The SMILES string of the molecule is O=C1[C@H](CCC(O)c2ccc(F)cc2)[C@@H](c2ccc(I)cc2)N1c1ccc(O)cc1. The lowest BCUT2D eigenvalue weighted by Gasteiger charge is -2.48. The molecule has 0 aliphatic carbocycles. The molecule has 3 aromatic rings. The maximum Gasteiger partial charge on any atom is 0.233 e. The summed E-state index contributed by atoms with van der Waals surface area (Å²) in [4.78, 5) is 14.8. The molecule has 1 amide bonds. The van der Waals surface area contributed by atoms with E-state index >= 15 is 0 Å². The number of β-lactam (4-membered cyclic amide) rings is 1. The number of carbonyl (C=O) groups is 1. The Kier molecular flexibility index (Phi) is 6.06. The molecule has 3 atom stereocenters. The van der Waals surface area contributed by atoms with Crippen LogP contribution in [-0.4, -0.2) is 16.1 Å². The maximum atomic E-state index is 13.1. The molecule has 0 saturated carbocycles. The first-order chi connectivity index (χ1) is 14.4. The van der Waals surface area contributed by atoms with Crippen LogP contribution in [0.15, 0.2) is 72.8 Å². The highest BCUT2D eigenvalue weighted by atomic mass is 127. The number of aromatic hydroxyl groups is 1. The Morgan fingerprint density at radius 2 is 1.60 bits per heavy atom. The van der Waals surface area contributed by atoms with Crippen molar-refractivity contribution in [3.05, 3.63) is 93.3 Å². The Bertz CT molecular complexity index is 1020. The van der Waals surface area contributed by atoms with E-state index in [9.17, 15) is 19.4 Å². The monoisotopic (exact) mass is 517 g/mol. The number of carbonyl (C=O) groups excluding carboxylic acids is 1. The van der Waals surface area contributed by atoms with Crippen molar-refractivity contribution in [2.24, 2.45) is 5.92 Å². The average Bonchev–Trinajstić information content (AvgIpc) is 2.74. The van der Waals surface area contributed by atoms with Crippen molar-refractivity contribution in [2.75, 3.05) is 4.90 Å². The standard InChI is InChI=1S/C24H21FINO3/c25-17-5-1-15(2-6-17)22(29)14-13-21-23(16-3-7-18(26)8-4-16)27(24(21)30)19-9-11-20(28)12-10-19/h1-12,21-23,28-29H,13-14H2/t21-,22?,23-/m1/s1. The highest BCUT2D eigenvalue weighted by molar-refractivity contribution is 14.1. The van der Waals surface area contributed by atoms with Crippen LogP contribution in [0.4, 0.5) is 10.1 Å². The second-order valence-electron chi connectivity index (χ2n) is 7.47. The maximum absolute atomic E-state index is 13.1. The van der Waals surface area contributed by atoms with Gasteiger partial charge < -0.3 is 15.1 Å². The van der Waals surface area contributed by atoms with E-state index in [2.05, 4.69) is 22.6 Å². The molecule has 6 heteroatoms. The third-order valence-electron chi connectivity index (χ3n) is 5.56. The van der Waals surface area contributed by atoms with E-state index in [1.807, 2.05) is 24.3 Å². The molecule has 0 radical (unpaired) electrons. The summed E-state index contributed by atoms with van der Waals surface area (Å²) < 4.78 is 14.2. The predicted octanol–water partition coefficient (Wildman–Crippen LogP) is 5.35.